The Balaban J connectivity index is 1.38. The molecular formula is C21H19NO3. The third-order valence-corrected chi connectivity index (χ3v) is 4.57. The second-order valence-corrected chi connectivity index (χ2v) is 6.29. The Labute approximate surface area is 146 Å². The molecule has 25 heavy (non-hydrogen) atoms. The van der Waals surface area contributed by atoms with Gasteiger partial charge in [-0.25, -0.2) is 0 Å². The zero-order valence-electron chi connectivity index (χ0n) is 13.7. The van der Waals surface area contributed by atoms with Crippen molar-refractivity contribution in [3.63, 3.8) is 0 Å². The van der Waals surface area contributed by atoms with Crippen molar-refractivity contribution >= 4 is 16.7 Å². The van der Waals surface area contributed by atoms with E-state index in [0.717, 1.165) is 27.6 Å². The van der Waals surface area contributed by atoms with Crippen molar-refractivity contribution in [1.82, 2.24) is 5.32 Å². The average molecular weight is 333 g/mol. The van der Waals surface area contributed by atoms with E-state index in [0.29, 0.717) is 6.42 Å². The lowest BCUT2D eigenvalue weighted by Crippen LogP contribution is -2.39. The minimum Gasteiger partial charge on any atom is -0.480 e. The van der Waals surface area contributed by atoms with Gasteiger partial charge in [0.15, 0.2) is 6.10 Å². The van der Waals surface area contributed by atoms with Crippen molar-refractivity contribution in [3.8, 4) is 5.75 Å². The predicted molar refractivity (Wildman–Crippen MR) is 96.5 cm³/mol. The zero-order chi connectivity index (χ0) is 17.2. The lowest BCUT2D eigenvalue weighted by atomic mass is 10.0. The quantitative estimate of drug-likeness (QED) is 0.772. The SMILES string of the molecule is O=C(NCC(O)c1ccc2ccccc2c1)C1Cc2ccccc2O1. The van der Waals surface area contributed by atoms with E-state index in [2.05, 4.69) is 5.32 Å². The van der Waals surface area contributed by atoms with Crippen molar-refractivity contribution in [2.24, 2.45) is 0 Å². The van der Waals surface area contributed by atoms with Gasteiger partial charge in [-0.1, -0.05) is 54.6 Å². The van der Waals surface area contributed by atoms with Gasteiger partial charge in [-0.2, -0.15) is 0 Å². The highest BCUT2D eigenvalue weighted by molar-refractivity contribution is 5.83. The summed E-state index contributed by atoms with van der Waals surface area (Å²) in [4.78, 5) is 12.3. The molecule has 2 atom stereocenters. The van der Waals surface area contributed by atoms with Crippen LogP contribution >= 0.6 is 0 Å². The van der Waals surface area contributed by atoms with Gasteiger partial charge in [-0.15, -0.1) is 0 Å². The van der Waals surface area contributed by atoms with Crippen LogP contribution in [0.25, 0.3) is 10.8 Å². The Kier molecular flexibility index (Phi) is 4.12. The molecule has 0 saturated carbocycles. The highest BCUT2D eigenvalue weighted by atomic mass is 16.5. The number of nitrogens with one attached hydrogen (secondary N) is 1. The molecule has 2 unspecified atom stereocenters. The molecule has 0 aliphatic carbocycles. The van der Waals surface area contributed by atoms with E-state index in [-0.39, 0.29) is 12.5 Å². The van der Waals surface area contributed by atoms with Crippen molar-refractivity contribution in [1.29, 1.82) is 0 Å². The number of fused-ring (bicyclic) bond motifs is 2. The number of hydrogen-bond acceptors (Lipinski definition) is 3. The van der Waals surface area contributed by atoms with Gasteiger partial charge in [-0.05, 0) is 34.0 Å². The van der Waals surface area contributed by atoms with Gasteiger partial charge in [0, 0.05) is 13.0 Å². The van der Waals surface area contributed by atoms with Crippen molar-refractivity contribution in [2.75, 3.05) is 6.54 Å². The van der Waals surface area contributed by atoms with Gasteiger partial charge < -0.3 is 15.2 Å². The standard InChI is InChI=1S/C21H19NO3/c23-18(16-10-9-14-5-1-2-6-15(14)11-16)13-22-21(24)20-12-17-7-3-4-8-19(17)25-20/h1-11,18,20,23H,12-13H2,(H,22,24). The fourth-order valence-corrected chi connectivity index (χ4v) is 3.17. The number of carbonyl (C=O) groups is 1. The third-order valence-electron chi connectivity index (χ3n) is 4.57. The van der Waals surface area contributed by atoms with Crippen LogP contribution in [0.2, 0.25) is 0 Å². The highest BCUT2D eigenvalue weighted by Gasteiger charge is 2.28. The number of ether oxygens (including phenoxy) is 1. The van der Waals surface area contributed by atoms with Crippen LogP contribution in [0.15, 0.2) is 66.7 Å². The molecule has 1 aliphatic rings. The molecule has 0 fully saturated rings. The van der Waals surface area contributed by atoms with E-state index in [1.165, 1.54) is 0 Å². The van der Waals surface area contributed by atoms with Gasteiger partial charge in [0.1, 0.15) is 5.75 Å². The van der Waals surface area contributed by atoms with Crippen molar-refractivity contribution < 1.29 is 14.6 Å². The Morgan fingerprint density at radius 1 is 1.08 bits per heavy atom. The van der Waals surface area contributed by atoms with Crippen LogP contribution < -0.4 is 10.1 Å². The lowest BCUT2D eigenvalue weighted by Gasteiger charge is -2.15. The van der Waals surface area contributed by atoms with Gasteiger partial charge >= 0.3 is 0 Å². The molecule has 1 amide bonds. The maximum atomic E-state index is 12.3. The monoisotopic (exact) mass is 333 g/mol. The third kappa shape index (κ3) is 3.21. The maximum absolute atomic E-state index is 12.3. The minimum atomic E-state index is -0.752. The summed E-state index contributed by atoms with van der Waals surface area (Å²) < 4.78 is 5.67. The smallest absolute Gasteiger partial charge is 0.261 e. The van der Waals surface area contributed by atoms with Crippen LogP contribution in [-0.4, -0.2) is 23.7 Å². The molecule has 0 saturated heterocycles. The molecule has 1 heterocycles. The van der Waals surface area contributed by atoms with E-state index >= 15 is 0 Å². The van der Waals surface area contributed by atoms with Gasteiger partial charge in [-0.3, -0.25) is 4.79 Å². The molecular weight excluding hydrogens is 314 g/mol. The molecule has 0 bridgehead atoms. The molecule has 4 nitrogen and oxygen atoms in total. The lowest BCUT2D eigenvalue weighted by molar-refractivity contribution is -0.127. The maximum Gasteiger partial charge on any atom is 0.261 e. The van der Waals surface area contributed by atoms with Crippen LogP contribution in [0.3, 0.4) is 0 Å². The molecule has 0 radical (unpaired) electrons. The summed E-state index contributed by atoms with van der Waals surface area (Å²) >= 11 is 0. The summed E-state index contributed by atoms with van der Waals surface area (Å²) in [6.45, 7) is 0.160. The zero-order valence-corrected chi connectivity index (χ0v) is 13.7. The number of aliphatic hydroxyl groups excluding tert-OH is 1. The van der Waals surface area contributed by atoms with Crippen LogP contribution in [0, 0.1) is 0 Å². The first-order valence-electron chi connectivity index (χ1n) is 8.40. The average Bonchev–Trinajstić information content (AvgIpc) is 3.09. The Bertz CT molecular complexity index is 897. The second-order valence-electron chi connectivity index (χ2n) is 6.29. The van der Waals surface area contributed by atoms with E-state index in [1.54, 1.807) is 0 Å². The summed E-state index contributed by atoms with van der Waals surface area (Å²) in [5.41, 5.74) is 1.83. The Hall–Kier alpha value is -2.85. The van der Waals surface area contributed by atoms with Crippen molar-refractivity contribution in [2.45, 2.75) is 18.6 Å². The highest BCUT2D eigenvalue weighted by Crippen LogP contribution is 2.28. The van der Waals surface area contributed by atoms with E-state index in [4.69, 9.17) is 4.74 Å². The molecule has 126 valence electrons. The molecule has 4 rings (SSSR count). The van der Waals surface area contributed by atoms with Gasteiger partial charge in [0.25, 0.3) is 5.91 Å². The molecule has 3 aromatic rings. The summed E-state index contributed by atoms with van der Waals surface area (Å²) in [6.07, 6.45) is -0.716. The van der Waals surface area contributed by atoms with Crippen molar-refractivity contribution in [3.05, 3.63) is 77.9 Å². The summed E-state index contributed by atoms with van der Waals surface area (Å²) in [7, 11) is 0. The Morgan fingerprint density at radius 2 is 1.84 bits per heavy atom. The molecule has 3 aromatic carbocycles. The fraction of sp³-hybridized carbons (Fsp3) is 0.190. The molecule has 1 aliphatic heterocycles. The number of benzene rings is 3. The fourth-order valence-electron chi connectivity index (χ4n) is 3.17. The van der Waals surface area contributed by atoms with Crippen LogP contribution in [0.1, 0.15) is 17.2 Å². The number of rotatable bonds is 4. The predicted octanol–water partition coefficient (Wildman–Crippen LogP) is 2.99. The summed E-state index contributed by atoms with van der Waals surface area (Å²) in [6, 6.07) is 21.5. The first kappa shape index (κ1) is 15.7. The van der Waals surface area contributed by atoms with Gasteiger partial charge in [0.2, 0.25) is 0 Å². The second kappa shape index (κ2) is 6.57. The molecule has 2 N–H and O–H groups in total. The summed E-state index contributed by atoms with van der Waals surface area (Å²) in [5.74, 6) is 0.564. The topological polar surface area (TPSA) is 58.6 Å². The molecule has 4 heteroatoms. The van der Waals surface area contributed by atoms with Crippen LogP contribution in [0.4, 0.5) is 0 Å². The number of carbonyl (C=O) groups excluding carboxylic acids is 1. The number of hydrogen-bond donors (Lipinski definition) is 2. The minimum absolute atomic E-state index is 0.160. The molecule has 0 spiro atoms. The Morgan fingerprint density at radius 3 is 2.68 bits per heavy atom. The first-order chi connectivity index (χ1) is 12.2. The normalized spacial score (nSPS) is 16.9. The van der Waals surface area contributed by atoms with E-state index in [1.807, 2.05) is 66.7 Å². The van der Waals surface area contributed by atoms with E-state index in [9.17, 15) is 9.90 Å². The number of para-hydroxylation sites is 1. The number of amides is 1. The van der Waals surface area contributed by atoms with Crippen LogP contribution in [0.5, 0.6) is 5.75 Å². The summed E-state index contributed by atoms with van der Waals surface area (Å²) in [5, 5.41) is 15.4. The van der Waals surface area contributed by atoms with Gasteiger partial charge in [0.05, 0.1) is 6.10 Å². The largest absolute Gasteiger partial charge is 0.480 e. The van der Waals surface area contributed by atoms with Crippen LogP contribution in [-0.2, 0) is 11.2 Å². The first-order valence-corrected chi connectivity index (χ1v) is 8.40. The van der Waals surface area contributed by atoms with E-state index < -0.39 is 12.2 Å². The molecule has 0 aromatic heterocycles. The number of aliphatic hydroxyl groups is 1.